The predicted octanol–water partition coefficient (Wildman–Crippen LogP) is 17.3. The molecule has 0 unspecified atom stereocenters. The average Bonchev–Trinajstić information content (AvgIpc) is 3.93. The normalized spacial score (nSPS) is 14.2. The van der Waals surface area contributed by atoms with Crippen LogP contribution in [-0.2, 0) is 10.8 Å². The lowest BCUT2D eigenvalue weighted by atomic mass is 9.82. The average molecular weight is 820 g/mol. The lowest BCUT2D eigenvalue weighted by molar-refractivity contribution is 0.660. The molecular formula is C62H45NO. The van der Waals surface area contributed by atoms with Gasteiger partial charge < -0.3 is 9.32 Å². The zero-order chi connectivity index (χ0) is 42.9. The van der Waals surface area contributed by atoms with Gasteiger partial charge in [-0.25, -0.2) is 0 Å². The van der Waals surface area contributed by atoms with E-state index < -0.39 is 0 Å². The summed E-state index contributed by atoms with van der Waals surface area (Å²) in [5.41, 5.74) is 20.3. The molecule has 2 aliphatic rings. The lowest BCUT2D eigenvalue weighted by Gasteiger charge is -2.30. The highest BCUT2D eigenvalue weighted by atomic mass is 16.3. The van der Waals surface area contributed by atoms with Crippen molar-refractivity contribution in [2.75, 3.05) is 4.90 Å². The maximum Gasteiger partial charge on any atom is 0.143 e. The number of hydrogen-bond donors (Lipinski definition) is 0. The van der Waals surface area contributed by atoms with Crippen molar-refractivity contribution in [2.45, 2.75) is 38.5 Å². The Morgan fingerprint density at radius 3 is 1.36 bits per heavy atom. The summed E-state index contributed by atoms with van der Waals surface area (Å²) < 4.78 is 7.14. The quantitative estimate of drug-likeness (QED) is 0.161. The Morgan fingerprint density at radius 2 is 0.750 bits per heavy atom. The van der Waals surface area contributed by atoms with Crippen LogP contribution in [0.2, 0.25) is 0 Å². The molecule has 1 heterocycles. The maximum atomic E-state index is 7.14. The molecule has 0 radical (unpaired) electrons. The molecule has 10 aromatic carbocycles. The van der Waals surface area contributed by atoms with Gasteiger partial charge in [0, 0.05) is 49.6 Å². The molecular weight excluding hydrogens is 775 g/mol. The van der Waals surface area contributed by atoms with Crippen LogP contribution < -0.4 is 4.90 Å². The van der Waals surface area contributed by atoms with Gasteiger partial charge in [0.05, 0.1) is 0 Å². The highest BCUT2D eigenvalue weighted by Gasteiger charge is 2.38. The summed E-state index contributed by atoms with van der Waals surface area (Å²) in [5, 5.41) is 7.07. The molecule has 0 spiro atoms. The summed E-state index contributed by atoms with van der Waals surface area (Å²) in [6.45, 7) is 9.46. The van der Waals surface area contributed by atoms with E-state index >= 15 is 0 Å². The smallest absolute Gasteiger partial charge is 0.143 e. The summed E-state index contributed by atoms with van der Waals surface area (Å²) in [6, 6.07) is 73.9. The first-order valence-corrected chi connectivity index (χ1v) is 22.5. The van der Waals surface area contributed by atoms with Gasteiger partial charge in [-0.05, 0) is 120 Å². The van der Waals surface area contributed by atoms with Gasteiger partial charge in [-0.1, -0.05) is 185 Å². The molecule has 0 fully saturated rings. The number of nitrogens with zero attached hydrogens (tertiary/aromatic N) is 1. The Bertz CT molecular complexity index is 3610. The second kappa shape index (κ2) is 13.4. The molecule has 0 bridgehead atoms. The minimum Gasteiger partial charge on any atom is -0.455 e. The van der Waals surface area contributed by atoms with Crippen LogP contribution in [0.5, 0.6) is 0 Å². The minimum atomic E-state index is -0.126. The fourth-order valence-electron chi connectivity index (χ4n) is 11.5. The Kier molecular flexibility index (Phi) is 7.74. The standard InChI is InChI=1S/C62H45NO/c1-61(2)53-24-14-12-20-47(53)49-32-30-41(36-55(49)61)63(42-31-33-50-48-21-13-15-25-54(48)62(3,4)56(50)37-42)40-28-26-39(27-29-40)43-34-35-44(38-16-6-5-7-17-38)59-57(43)58-51-22-10-8-18-45(51)46-19-9-11-23-52(46)60(58)64-59/h5-37H,1-4H3. The van der Waals surface area contributed by atoms with Crippen LogP contribution in [0.1, 0.15) is 49.9 Å². The fourth-order valence-corrected chi connectivity index (χ4v) is 11.5. The number of rotatable bonds is 5. The van der Waals surface area contributed by atoms with E-state index in [9.17, 15) is 0 Å². The number of benzene rings is 10. The number of hydrogen-bond acceptors (Lipinski definition) is 2. The van der Waals surface area contributed by atoms with E-state index in [0.717, 1.165) is 66.6 Å². The monoisotopic (exact) mass is 819 g/mol. The second-order valence-corrected chi connectivity index (χ2v) is 18.8. The summed E-state index contributed by atoms with van der Waals surface area (Å²) in [4.78, 5) is 2.46. The largest absolute Gasteiger partial charge is 0.455 e. The number of fused-ring (bicyclic) bond motifs is 14. The first-order valence-electron chi connectivity index (χ1n) is 22.5. The number of furan rings is 1. The van der Waals surface area contributed by atoms with Gasteiger partial charge in [-0.15, -0.1) is 0 Å². The predicted molar refractivity (Wildman–Crippen MR) is 269 cm³/mol. The van der Waals surface area contributed by atoms with E-state index in [4.69, 9.17) is 4.42 Å². The highest BCUT2D eigenvalue weighted by Crippen LogP contribution is 2.54. The molecule has 2 nitrogen and oxygen atoms in total. The van der Waals surface area contributed by atoms with Crippen LogP contribution in [0.25, 0.3) is 88.0 Å². The Labute approximate surface area is 373 Å². The lowest BCUT2D eigenvalue weighted by Crippen LogP contribution is -2.18. The summed E-state index contributed by atoms with van der Waals surface area (Å²) in [7, 11) is 0. The first-order chi connectivity index (χ1) is 31.3. The molecule has 0 aliphatic heterocycles. The van der Waals surface area contributed by atoms with E-state index in [-0.39, 0.29) is 10.8 Å². The molecule has 1 aromatic heterocycles. The third kappa shape index (κ3) is 5.14. The van der Waals surface area contributed by atoms with Gasteiger partial charge in [0.1, 0.15) is 11.2 Å². The maximum absolute atomic E-state index is 7.14. The molecule has 0 N–H and O–H groups in total. The van der Waals surface area contributed by atoms with Crippen molar-refractivity contribution >= 4 is 60.5 Å². The van der Waals surface area contributed by atoms with Crippen LogP contribution in [0.4, 0.5) is 17.1 Å². The summed E-state index contributed by atoms with van der Waals surface area (Å²) in [5.74, 6) is 0. The molecule has 11 aromatic rings. The fraction of sp³-hybridized carbons (Fsp3) is 0.0968. The van der Waals surface area contributed by atoms with Crippen molar-refractivity contribution in [1.29, 1.82) is 0 Å². The Balaban J connectivity index is 1.02. The van der Waals surface area contributed by atoms with Crippen LogP contribution >= 0.6 is 0 Å². The molecule has 64 heavy (non-hydrogen) atoms. The number of anilines is 3. The van der Waals surface area contributed by atoms with Crippen molar-refractivity contribution in [3.8, 4) is 44.5 Å². The van der Waals surface area contributed by atoms with Gasteiger partial charge in [-0.2, -0.15) is 0 Å². The Morgan fingerprint density at radius 1 is 0.312 bits per heavy atom. The van der Waals surface area contributed by atoms with Crippen molar-refractivity contribution in [2.24, 2.45) is 0 Å². The van der Waals surface area contributed by atoms with Gasteiger partial charge in [0.15, 0.2) is 0 Å². The molecule has 0 saturated heterocycles. The summed E-state index contributed by atoms with van der Waals surface area (Å²) in [6.07, 6.45) is 0. The summed E-state index contributed by atoms with van der Waals surface area (Å²) >= 11 is 0. The van der Waals surface area contributed by atoms with E-state index in [1.807, 2.05) is 0 Å². The van der Waals surface area contributed by atoms with Gasteiger partial charge >= 0.3 is 0 Å². The van der Waals surface area contributed by atoms with Crippen LogP contribution in [0.3, 0.4) is 0 Å². The third-order valence-corrected chi connectivity index (χ3v) is 14.7. The van der Waals surface area contributed by atoms with Gasteiger partial charge in [0.25, 0.3) is 0 Å². The molecule has 0 amide bonds. The molecule has 2 aliphatic carbocycles. The third-order valence-electron chi connectivity index (χ3n) is 14.7. The van der Waals surface area contributed by atoms with Crippen molar-refractivity contribution in [3.05, 3.63) is 222 Å². The van der Waals surface area contributed by atoms with Crippen LogP contribution in [-0.4, -0.2) is 0 Å². The van der Waals surface area contributed by atoms with E-state index in [0.29, 0.717) is 0 Å². The van der Waals surface area contributed by atoms with Crippen LogP contribution in [0, 0.1) is 0 Å². The van der Waals surface area contributed by atoms with Crippen molar-refractivity contribution in [3.63, 3.8) is 0 Å². The molecule has 0 atom stereocenters. The molecule has 0 saturated carbocycles. The van der Waals surface area contributed by atoms with E-state index in [2.05, 4.69) is 233 Å². The van der Waals surface area contributed by atoms with E-state index in [1.54, 1.807) is 0 Å². The second-order valence-electron chi connectivity index (χ2n) is 18.8. The topological polar surface area (TPSA) is 16.4 Å². The zero-order valence-electron chi connectivity index (χ0n) is 36.4. The molecule has 2 heteroatoms. The Hall–Kier alpha value is -7.68. The highest BCUT2D eigenvalue weighted by molar-refractivity contribution is 6.33. The SMILES string of the molecule is CC1(C)c2ccccc2-c2ccc(N(c3ccc(-c4ccc(-c5ccccc5)c5oc6c7ccccc7c7ccccc7c6c45)cc3)c3ccc4c(c3)C(C)(C)c3ccccc3-4)cc21. The van der Waals surface area contributed by atoms with Gasteiger partial charge in [0.2, 0.25) is 0 Å². The molecule has 304 valence electrons. The minimum absolute atomic E-state index is 0.126. The van der Waals surface area contributed by atoms with Crippen LogP contribution in [0.15, 0.2) is 205 Å². The van der Waals surface area contributed by atoms with Crippen molar-refractivity contribution < 1.29 is 4.42 Å². The van der Waals surface area contributed by atoms with Crippen molar-refractivity contribution in [1.82, 2.24) is 0 Å². The molecule has 13 rings (SSSR count). The zero-order valence-corrected chi connectivity index (χ0v) is 36.4. The van der Waals surface area contributed by atoms with Gasteiger partial charge in [-0.3, -0.25) is 0 Å². The van der Waals surface area contributed by atoms with E-state index in [1.165, 1.54) is 60.7 Å². The first kappa shape index (κ1) is 36.9.